The van der Waals surface area contributed by atoms with Crippen molar-refractivity contribution in [3.8, 4) is 0 Å². The highest BCUT2D eigenvalue weighted by Crippen LogP contribution is 2.12. The second kappa shape index (κ2) is 5.50. The molecule has 0 amide bonds. The van der Waals surface area contributed by atoms with E-state index < -0.39 is 5.60 Å². The minimum Gasteiger partial charge on any atom is -0.459 e. The maximum atomic E-state index is 11.9. The number of carbonyl (C=O) groups excluding carboxylic acids is 1. The van der Waals surface area contributed by atoms with E-state index in [1.165, 1.54) is 0 Å². The highest BCUT2D eigenvalue weighted by Gasteiger charge is 2.27. The highest BCUT2D eigenvalue weighted by atomic mass is 16.6. The summed E-state index contributed by atoms with van der Waals surface area (Å²) < 4.78 is 5.36. The zero-order valence-electron chi connectivity index (χ0n) is 11.0. The van der Waals surface area contributed by atoms with Crippen molar-refractivity contribution in [2.75, 3.05) is 0 Å². The normalized spacial score (nSPS) is 14.5. The van der Waals surface area contributed by atoms with E-state index in [-0.39, 0.29) is 24.0 Å². The van der Waals surface area contributed by atoms with Crippen molar-refractivity contribution >= 4 is 5.97 Å². The van der Waals surface area contributed by atoms with Gasteiger partial charge in [-0.3, -0.25) is 4.79 Å². The number of hydrogen-bond acceptors (Lipinski definition) is 3. The van der Waals surface area contributed by atoms with Crippen LogP contribution in [0.15, 0.2) is 0 Å². The predicted molar refractivity (Wildman–Crippen MR) is 62.7 cm³/mol. The van der Waals surface area contributed by atoms with Crippen LogP contribution in [-0.4, -0.2) is 23.7 Å². The Kier molecular flexibility index (Phi) is 5.29. The Morgan fingerprint density at radius 2 is 1.60 bits per heavy atom. The van der Waals surface area contributed by atoms with Gasteiger partial charge in [0.25, 0.3) is 0 Å². The Hall–Kier alpha value is -0.570. The summed E-state index contributed by atoms with van der Waals surface area (Å²) in [6.45, 7) is 13.8. The maximum absolute atomic E-state index is 11.9. The fourth-order valence-electron chi connectivity index (χ4n) is 1.26. The van der Waals surface area contributed by atoms with E-state index in [4.69, 9.17) is 4.74 Å². The predicted octanol–water partition coefficient (Wildman–Crippen LogP) is 2.35. The van der Waals surface area contributed by atoms with Crippen molar-refractivity contribution in [1.82, 2.24) is 5.32 Å². The van der Waals surface area contributed by atoms with Crippen LogP contribution < -0.4 is 5.32 Å². The van der Waals surface area contributed by atoms with Crippen molar-refractivity contribution in [2.45, 2.75) is 66.2 Å². The van der Waals surface area contributed by atoms with E-state index in [1.54, 1.807) is 0 Å². The van der Waals surface area contributed by atoms with Gasteiger partial charge in [-0.1, -0.05) is 27.7 Å². The lowest BCUT2D eigenvalue weighted by Crippen LogP contribution is -2.47. The summed E-state index contributed by atoms with van der Waals surface area (Å²) in [7, 11) is 0. The Bertz CT molecular complexity index is 204. The average molecular weight is 215 g/mol. The van der Waals surface area contributed by atoms with Crippen molar-refractivity contribution in [2.24, 2.45) is 5.92 Å². The highest BCUT2D eigenvalue weighted by molar-refractivity contribution is 5.76. The second-order valence-corrected chi connectivity index (χ2v) is 5.58. The summed E-state index contributed by atoms with van der Waals surface area (Å²) in [5, 5.41) is 3.23. The molecule has 0 radical (unpaired) electrons. The van der Waals surface area contributed by atoms with Crippen molar-refractivity contribution in [3.63, 3.8) is 0 Å². The van der Waals surface area contributed by atoms with Crippen LogP contribution in [0.25, 0.3) is 0 Å². The molecule has 0 unspecified atom stereocenters. The zero-order valence-corrected chi connectivity index (χ0v) is 11.0. The third-order valence-corrected chi connectivity index (χ3v) is 1.84. The lowest BCUT2D eigenvalue weighted by molar-refractivity contribution is -0.159. The number of rotatable bonds is 4. The van der Waals surface area contributed by atoms with Crippen LogP contribution in [-0.2, 0) is 9.53 Å². The minimum absolute atomic E-state index is 0.161. The molecular weight excluding hydrogens is 190 g/mol. The van der Waals surface area contributed by atoms with Crippen LogP contribution in [0.3, 0.4) is 0 Å². The van der Waals surface area contributed by atoms with Crippen LogP contribution in [0.4, 0.5) is 0 Å². The van der Waals surface area contributed by atoms with Gasteiger partial charge in [-0.2, -0.15) is 0 Å². The molecule has 3 nitrogen and oxygen atoms in total. The molecule has 3 heteroatoms. The van der Waals surface area contributed by atoms with E-state index in [9.17, 15) is 4.79 Å². The molecular formula is C12H25NO2. The zero-order chi connectivity index (χ0) is 12.2. The second-order valence-electron chi connectivity index (χ2n) is 5.58. The van der Waals surface area contributed by atoms with Crippen molar-refractivity contribution in [1.29, 1.82) is 0 Å². The number of hydrogen-bond donors (Lipinski definition) is 1. The van der Waals surface area contributed by atoms with Crippen LogP contribution in [0.5, 0.6) is 0 Å². The van der Waals surface area contributed by atoms with E-state index in [1.807, 2.05) is 48.5 Å². The molecule has 15 heavy (non-hydrogen) atoms. The average Bonchev–Trinajstić information content (AvgIpc) is 1.95. The van der Waals surface area contributed by atoms with Gasteiger partial charge in [0.15, 0.2) is 0 Å². The number of nitrogens with one attached hydrogen (secondary N) is 1. The van der Waals surface area contributed by atoms with Crippen LogP contribution >= 0.6 is 0 Å². The molecule has 0 fully saturated rings. The number of esters is 1. The topological polar surface area (TPSA) is 38.3 Å². The summed E-state index contributed by atoms with van der Waals surface area (Å²) in [6.07, 6.45) is 0. The standard InChI is InChI=1S/C12H25NO2/c1-8(2)10(13-9(3)4)11(14)15-12(5,6)7/h8-10,13H,1-7H3/t10-/m1/s1. The lowest BCUT2D eigenvalue weighted by Gasteiger charge is -2.27. The molecule has 0 heterocycles. The van der Waals surface area contributed by atoms with E-state index in [2.05, 4.69) is 5.32 Å². The van der Waals surface area contributed by atoms with Gasteiger partial charge in [-0.25, -0.2) is 0 Å². The molecule has 90 valence electrons. The summed E-state index contributed by atoms with van der Waals surface area (Å²) in [5.74, 6) is 0.0773. The summed E-state index contributed by atoms with van der Waals surface area (Å²) in [6, 6.07) is 0.0640. The van der Waals surface area contributed by atoms with Gasteiger partial charge in [0.05, 0.1) is 0 Å². The van der Waals surface area contributed by atoms with Gasteiger partial charge in [-0.05, 0) is 26.7 Å². The first kappa shape index (κ1) is 14.4. The Balaban J connectivity index is 4.43. The van der Waals surface area contributed by atoms with Crippen LogP contribution in [0, 0.1) is 5.92 Å². The molecule has 1 atom stereocenters. The molecule has 0 aliphatic carbocycles. The Morgan fingerprint density at radius 3 is 1.87 bits per heavy atom. The molecule has 0 aliphatic rings. The monoisotopic (exact) mass is 215 g/mol. The fraction of sp³-hybridized carbons (Fsp3) is 0.917. The summed E-state index contributed by atoms with van der Waals surface area (Å²) in [5.41, 5.74) is -0.414. The molecule has 0 saturated heterocycles. The van der Waals surface area contributed by atoms with Gasteiger partial charge in [-0.15, -0.1) is 0 Å². The minimum atomic E-state index is -0.414. The van der Waals surface area contributed by atoms with Gasteiger partial charge in [0, 0.05) is 6.04 Å². The van der Waals surface area contributed by atoms with Gasteiger partial charge in [0.2, 0.25) is 0 Å². The van der Waals surface area contributed by atoms with Crippen molar-refractivity contribution in [3.05, 3.63) is 0 Å². The smallest absolute Gasteiger partial charge is 0.323 e. The first-order valence-electron chi connectivity index (χ1n) is 5.62. The molecule has 0 aromatic carbocycles. The fourth-order valence-corrected chi connectivity index (χ4v) is 1.26. The maximum Gasteiger partial charge on any atom is 0.323 e. The van der Waals surface area contributed by atoms with E-state index in [0.29, 0.717) is 0 Å². The Morgan fingerprint density at radius 1 is 1.13 bits per heavy atom. The molecule has 0 aliphatic heterocycles. The molecule has 0 aromatic heterocycles. The first-order chi connectivity index (χ1) is 6.63. The lowest BCUT2D eigenvalue weighted by atomic mass is 10.0. The number of ether oxygens (including phenoxy) is 1. The van der Waals surface area contributed by atoms with Gasteiger partial charge >= 0.3 is 5.97 Å². The molecule has 0 rings (SSSR count). The SMILES string of the molecule is CC(C)N[C@@H](C(=O)OC(C)(C)C)C(C)C. The van der Waals surface area contributed by atoms with E-state index >= 15 is 0 Å². The third kappa shape index (κ3) is 6.50. The largest absolute Gasteiger partial charge is 0.459 e. The number of carbonyl (C=O) groups is 1. The third-order valence-electron chi connectivity index (χ3n) is 1.84. The molecule has 1 N–H and O–H groups in total. The first-order valence-corrected chi connectivity index (χ1v) is 5.62. The summed E-state index contributed by atoms with van der Waals surface area (Å²) >= 11 is 0. The summed E-state index contributed by atoms with van der Waals surface area (Å²) in [4.78, 5) is 11.9. The van der Waals surface area contributed by atoms with Gasteiger partial charge in [0.1, 0.15) is 11.6 Å². The van der Waals surface area contributed by atoms with Crippen molar-refractivity contribution < 1.29 is 9.53 Å². The molecule has 0 bridgehead atoms. The molecule has 0 aromatic rings. The molecule has 0 saturated carbocycles. The quantitative estimate of drug-likeness (QED) is 0.732. The Labute approximate surface area is 93.6 Å². The molecule has 0 spiro atoms. The van der Waals surface area contributed by atoms with Crippen LogP contribution in [0.2, 0.25) is 0 Å². The van der Waals surface area contributed by atoms with Crippen LogP contribution in [0.1, 0.15) is 48.5 Å². The van der Waals surface area contributed by atoms with E-state index in [0.717, 1.165) is 0 Å². The van der Waals surface area contributed by atoms with Gasteiger partial charge < -0.3 is 10.1 Å².